The quantitative estimate of drug-likeness (QED) is 0.342. The van der Waals surface area contributed by atoms with Crippen molar-refractivity contribution in [2.75, 3.05) is 6.61 Å². The maximum Gasteiger partial charge on any atom is 0.472 e. The van der Waals surface area contributed by atoms with Crippen LogP contribution < -0.4 is 0 Å². The summed E-state index contributed by atoms with van der Waals surface area (Å²) in [5.41, 5.74) is -0.665. The van der Waals surface area contributed by atoms with Crippen LogP contribution in [-0.2, 0) is 13.6 Å². The Morgan fingerprint density at radius 3 is 1.71 bits per heavy atom. The van der Waals surface area contributed by atoms with E-state index >= 15 is 0 Å². The van der Waals surface area contributed by atoms with Crippen LogP contribution in [0.3, 0.4) is 0 Å². The van der Waals surface area contributed by atoms with Crippen LogP contribution in [0.25, 0.3) is 0 Å². The summed E-state index contributed by atoms with van der Waals surface area (Å²) < 4.78 is 21.6. The highest BCUT2D eigenvalue weighted by atomic mass is 31.2. The van der Waals surface area contributed by atoms with E-state index in [1.807, 2.05) is 0 Å². The van der Waals surface area contributed by atoms with Gasteiger partial charge in [-0.15, -0.1) is 0 Å². The average Bonchev–Trinajstić information content (AvgIpc) is 2.33. The highest BCUT2D eigenvalue weighted by Crippen LogP contribution is 2.47. The van der Waals surface area contributed by atoms with Gasteiger partial charge in [0.25, 0.3) is 0 Å². The molecule has 0 bridgehead atoms. The van der Waals surface area contributed by atoms with E-state index in [1.165, 1.54) is 51.4 Å². The Morgan fingerprint density at radius 1 is 0.857 bits per heavy atom. The lowest BCUT2D eigenvalue weighted by molar-refractivity contribution is 0.0611. The Hall–Kier alpha value is 0.110. The molecule has 0 amide bonds. The van der Waals surface area contributed by atoms with Crippen LogP contribution >= 0.6 is 7.82 Å². The zero-order valence-corrected chi connectivity index (χ0v) is 15.3. The molecule has 128 valence electrons. The van der Waals surface area contributed by atoms with Crippen molar-refractivity contribution < 1.29 is 18.5 Å². The molecule has 0 aliphatic heterocycles. The van der Waals surface area contributed by atoms with E-state index in [-0.39, 0.29) is 0 Å². The summed E-state index contributed by atoms with van der Waals surface area (Å²) in [4.78, 5) is 9.50. The Bertz CT molecular complexity index is 286. The zero-order chi connectivity index (χ0) is 16.2. The third-order valence-electron chi connectivity index (χ3n) is 3.14. The number of phosphoric ester groups is 1. The molecule has 1 N–H and O–H groups in total. The second-order valence-electron chi connectivity index (χ2n) is 6.69. The van der Waals surface area contributed by atoms with Gasteiger partial charge in [0.2, 0.25) is 0 Å². The fraction of sp³-hybridized carbons (Fsp3) is 1.00. The second-order valence-corrected chi connectivity index (χ2v) is 8.07. The maximum atomic E-state index is 11.6. The van der Waals surface area contributed by atoms with Crippen LogP contribution in [0.4, 0.5) is 0 Å². The van der Waals surface area contributed by atoms with Crippen LogP contribution in [0.2, 0.25) is 0 Å². The van der Waals surface area contributed by atoms with Gasteiger partial charge in [0.15, 0.2) is 0 Å². The normalized spacial score (nSPS) is 15.1. The molecule has 0 heterocycles. The topological polar surface area (TPSA) is 55.8 Å². The second kappa shape index (κ2) is 11.6. The molecule has 0 aliphatic rings. The number of hydrogen-bond donors (Lipinski definition) is 1. The van der Waals surface area contributed by atoms with E-state index in [4.69, 9.17) is 9.05 Å². The molecule has 5 heteroatoms. The minimum Gasteiger partial charge on any atom is -0.302 e. The predicted octanol–water partition coefficient (Wildman–Crippen LogP) is 5.84. The van der Waals surface area contributed by atoms with E-state index in [2.05, 4.69) is 6.92 Å². The first-order valence-corrected chi connectivity index (χ1v) is 9.94. The number of phosphoric acid groups is 1. The summed E-state index contributed by atoms with van der Waals surface area (Å²) in [5, 5.41) is 0. The summed E-state index contributed by atoms with van der Waals surface area (Å²) in [5.74, 6) is 0. The van der Waals surface area contributed by atoms with Gasteiger partial charge in [-0.25, -0.2) is 4.57 Å². The van der Waals surface area contributed by atoms with E-state index in [9.17, 15) is 9.46 Å². The smallest absolute Gasteiger partial charge is 0.302 e. The molecule has 21 heavy (non-hydrogen) atoms. The van der Waals surface area contributed by atoms with Crippen LogP contribution in [0.1, 0.15) is 91.9 Å². The molecule has 0 aliphatic carbocycles. The first-order valence-electron chi connectivity index (χ1n) is 8.45. The van der Waals surface area contributed by atoms with Crippen molar-refractivity contribution in [2.45, 2.75) is 97.5 Å². The third kappa shape index (κ3) is 16.3. The van der Waals surface area contributed by atoms with E-state index in [1.54, 1.807) is 20.8 Å². The molecule has 1 unspecified atom stereocenters. The Labute approximate surface area is 131 Å². The monoisotopic (exact) mass is 322 g/mol. The molecule has 0 aromatic carbocycles. The first-order chi connectivity index (χ1) is 9.77. The van der Waals surface area contributed by atoms with Crippen LogP contribution in [0.5, 0.6) is 0 Å². The van der Waals surface area contributed by atoms with Gasteiger partial charge in [-0.2, -0.15) is 0 Å². The standard InChI is InChI=1S/C16H35O4P/c1-5-6-7-8-9-10-11-12-13-14-15-19-21(17,18)20-16(2,3)4/h5-15H2,1-4H3,(H,17,18). The number of unbranched alkanes of at least 4 members (excludes halogenated alkanes) is 9. The van der Waals surface area contributed by atoms with Crippen molar-refractivity contribution in [3.05, 3.63) is 0 Å². The van der Waals surface area contributed by atoms with Crippen LogP contribution in [0.15, 0.2) is 0 Å². The predicted molar refractivity (Wildman–Crippen MR) is 88.5 cm³/mol. The first kappa shape index (κ1) is 21.1. The fourth-order valence-electron chi connectivity index (χ4n) is 2.14. The van der Waals surface area contributed by atoms with E-state index in [0.717, 1.165) is 12.8 Å². The lowest BCUT2D eigenvalue weighted by atomic mass is 10.1. The van der Waals surface area contributed by atoms with Gasteiger partial charge in [-0.05, 0) is 27.2 Å². The lowest BCUT2D eigenvalue weighted by Crippen LogP contribution is -2.18. The summed E-state index contributed by atoms with van der Waals surface area (Å²) >= 11 is 0. The molecule has 0 spiro atoms. The highest BCUT2D eigenvalue weighted by Gasteiger charge is 2.28. The Morgan fingerprint density at radius 2 is 1.29 bits per heavy atom. The van der Waals surface area contributed by atoms with E-state index < -0.39 is 13.4 Å². The third-order valence-corrected chi connectivity index (χ3v) is 4.43. The molecule has 0 aromatic heterocycles. The van der Waals surface area contributed by atoms with Gasteiger partial charge in [-0.1, -0.05) is 64.7 Å². The number of hydrogen-bond acceptors (Lipinski definition) is 3. The van der Waals surface area contributed by atoms with Gasteiger partial charge in [-0.3, -0.25) is 9.05 Å². The minimum atomic E-state index is -3.89. The Balaban J connectivity index is 3.38. The van der Waals surface area contributed by atoms with Crippen LogP contribution in [0, 0.1) is 0 Å². The zero-order valence-electron chi connectivity index (χ0n) is 14.4. The molecule has 0 radical (unpaired) electrons. The largest absolute Gasteiger partial charge is 0.472 e. The SMILES string of the molecule is CCCCCCCCCCCCOP(=O)(O)OC(C)(C)C. The fourth-order valence-corrected chi connectivity index (χ4v) is 3.25. The van der Waals surface area contributed by atoms with Gasteiger partial charge < -0.3 is 4.89 Å². The summed E-state index contributed by atoms with van der Waals surface area (Å²) in [6.07, 6.45) is 12.3. The summed E-state index contributed by atoms with van der Waals surface area (Å²) in [6.45, 7) is 7.74. The molecular weight excluding hydrogens is 287 g/mol. The van der Waals surface area contributed by atoms with E-state index in [0.29, 0.717) is 6.61 Å². The minimum absolute atomic E-state index is 0.292. The summed E-state index contributed by atoms with van der Waals surface area (Å²) in [6, 6.07) is 0. The van der Waals surface area contributed by atoms with Crippen molar-refractivity contribution in [1.29, 1.82) is 0 Å². The lowest BCUT2D eigenvalue weighted by Gasteiger charge is -2.22. The van der Waals surface area contributed by atoms with Gasteiger partial charge >= 0.3 is 7.82 Å². The highest BCUT2D eigenvalue weighted by molar-refractivity contribution is 7.47. The molecule has 0 rings (SSSR count). The van der Waals surface area contributed by atoms with Crippen LogP contribution in [-0.4, -0.2) is 17.1 Å². The van der Waals surface area contributed by atoms with Gasteiger partial charge in [0, 0.05) is 0 Å². The maximum absolute atomic E-state index is 11.6. The van der Waals surface area contributed by atoms with Crippen molar-refractivity contribution in [3.63, 3.8) is 0 Å². The summed E-state index contributed by atoms with van der Waals surface area (Å²) in [7, 11) is -3.89. The molecule has 0 fully saturated rings. The molecule has 1 atom stereocenters. The average molecular weight is 322 g/mol. The van der Waals surface area contributed by atoms with Gasteiger partial charge in [0.05, 0.1) is 12.2 Å². The molecule has 0 aromatic rings. The van der Waals surface area contributed by atoms with Gasteiger partial charge in [0.1, 0.15) is 0 Å². The molecule has 0 saturated heterocycles. The van der Waals surface area contributed by atoms with Crippen molar-refractivity contribution in [2.24, 2.45) is 0 Å². The van der Waals surface area contributed by atoms with Crippen molar-refractivity contribution >= 4 is 7.82 Å². The molecule has 4 nitrogen and oxygen atoms in total. The van der Waals surface area contributed by atoms with Crippen molar-refractivity contribution in [1.82, 2.24) is 0 Å². The van der Waals surface area contributed by atoms with Crippen molar-refractivity contribution in [3.8, 4) is 0 Å². The Kier molecular flexibility index (Phi) is 11.7. The molecule has 0 saturated carbocycles. The molecular formula is C16H35O4P. The number of rotatable bonds is 13.